The van der Waals surface area contributed by atoms with Gasteiger partial charge in [-0.05, 0) is 40.5 Å². The van der Waals surface area contributed by atoms with E-state index >= 15 is 0 Å². The second-order valence-corrected chi connectivity index (χ2v) is 4.58. The quantitative estimate of drug-likeness (QED) is 0.742. The Hall–Kier alpha value is -1.07. The van der Waals surface area contributed by atoms with Crippen molar-refractivity contribution in [3.05, 3.63) is 22.7 Å². The van der Waals surface area contributed by atoms with Crippen molar-refractivity contribution in [2.75, 3.05) is 11.9 Å². The number of aromatic hydroxyl groups is 1. The highest BCUT2D eigenvalue weighted by molar-refractivity contribution is 9.10. The molecule has 0 radical (unpaired) electrons. The molecule has 0 aromatic heterocycles. The number of rotatable bonds is 4. The van der Waals surface area contributed by atoms with Crippen LogP contribution in [0.4, 0.5) is 5.69 Å². The summed E-state index contributed by atoms with van der Waals surface area (Å²) in [4.78, 5) is 11.6. The van der Waals surface area contributed by atoms with Gasteiger partial charge in [-0.1, -0.05) is 13.0 Å². The lowest BCUT2D eigenvalue weighted by Gasteiger charge is -2.10. The molecular formula is C11H15BrN2O2. The van der Waals surface area contributed by atoms with Gasteiger partial charge in [0.2, 0.25) is 5.91 Å². The van der Waals surface area contributed by atoms with Crippen LogP contribution in [0.25, 0.3) is 0 Å². The maximum absolute atomic E-state index is 11.6. The van der Waals surface area contributed by atoms with Gasteiger partial charge in [0.1, 0.15) is 0 Å². The van der Waals surface area contributed by atoms with Crippen molar-refractivity contribution in [1.29, 1.82) is 0 Å². The SMILES string of the molecule is CC(CN)CC(=O)Nc1cccc(Br)c1O. The number of carbonyl (C=O) groups excluding carboxylic acids is 1. The number of anilines is 1. The molecule has 0 aliphatic heterocycles. The number of phenolic OH excluding ortho intramolecular Hbond substituents is 1. The van der Waals surface area contributed by atoms with Crippen molar-refractivity contribution in [2.45, 2.75) is 13.3 Å². The van der Waals surface area contributed by atoms with Crippen LogP contribution in [-0.4, -0.2) is 17.6 Å². The molecule has 5 heteroatoms. The van der Waals surface area contributed by atoms with E-state index in [1.54, 1.807) is 18.2 Å². The molecule has 1 aromatic carbocycles. The number of amides is 1. The number of nitrogens with one attached hydrogen (secondary N) is 1. The highest BCUT2D eigenvalue weighted by Crippen LogP contribution is 2.31. The van der Waals surface area contributed by atoms with Gasteiger partial charge < -0.3 is 16.2 Å². The lowest BCUT2D eigenvalue weighted by atomic mass is 10.1. The molecule has 0 heterocycles. The number of phenols is 1. The fourth-order valence-corrected chi connectivity index (χ4v) is 1.58. The van der Waals surface area contributed by atoms with Crippen molar-refractivity contribution in [3.63, 3.8) is 0 Å². The van der Waals surface area contributed by atoms with Crippen LogP contribution in [-0.2, 0) is 4.79 Å². The van der Waals surface area contributed by atoms with Crippen LogP contribution in [0.15, 0.2) is 22.7 Å². The first-order valence-electron chi connectivity index (χ1n) is 5.02. The molecule has 0 saturated heterocycles. The predicted molar refractivity (Wildman–Crippen MR) is 67.3 cm³/mol. The number of hydrogen-bond acceptors (Lipinski definition) is 3. The number of nitrogens with two attached hydrogens (primary N) is 1. The Bertz CT molecular complexity index is 382. The zero-order valence-electron chi connectivity index (χ0n) is 9.03. The van der Waals surface area contributed by atoms with Crippen LogP contribution >= 0.6 is 15.9 Å². The van der Waals surface area contributed by atoms with Gasteiger partial charge in [0.25, 0.3) is 0 Å². The largest absolute Gasteiger partial charge is 0.505 e. The maximum atomic E-state index is 11.6. The first-order valence-corrected chi connectivity index (χ1v) is 5.81. The molecule has 1 unspecified atom stereocenters. The molecule has 88 valence electrons. The summed E-state index contributed by atoms with van der Waals surface area (Å²) in [5.41, 5.74) is 5.84. The predicted octanol–water partition coefficient (Wildman–Crippen LogP) is 2.08. The van der Waals surface area contributed by atoms with E-state index in [-0.39, 0.29) is 17.6 Å². The van der Waals surface area contributed by atoms with Gasteiger partial charge in [0, 0.05) is 6.42 Å². The van der Waals surface area contributed by atoms with Gasteiger partial charge in [-0.25, -0.2) is 0 Å². The molecule has 1 aromatic rings. The van der Waals surface area contributed by atoms with E-state index in [0.717, 1.165) is 0 Å². The summed E-state index contributed by atoms with van der Waals surface area (Å²) in [7, 11) is 0. The highest BCUT2D eigenvalue weighted by Gasteiger charge is 2.11. The monoisotopic (exact) mass is 286 g/mol. The number of hydrogen-bond donors (Lipinski definition) is 3. The maximum Gasteiger partial charge on any atom is 0.224 e. The second kappa shape index (κ2) is 5.86. The zero-order valence-corrected chi connectivity index (χ0v) is 10.6. The number of benzene rings is 1. The molecule has 0 fully saturated rings. The minimum Gasteiger partial charge on any atom is -0.505 e. The first-order chi connectivity index (χ1) is 7.54. The molecule has 0 aliphatic carbocycles. The lowest BCUT2D eigenvalue weighted by Crippen LogP contribution is -2.20. The molecule has 1 rings (SSSR count). The van der Waals surface area contributed by atoms with E-state index in [4.69, 9.17) is 5.73 Å². The Morgan fingerprint density at radius 2 is 2.31 bits per heavy atom. The van der Waals surface area contributed by atoms with Gasteiger partial charge in [-0.15, -0.1) is 0 Å². The van der Waals surface area contributed by atoms with E-state index in [1.165, 1.54) is 0 Å². The Kier molecular flexibility index (Phi) is 4.76. The highest BCUT2D eigenvalue weighted by atomic mass is 79.9. The summed E-state index contributed by atoms with van der Waals surface area (Å²) in [5.74, 6) is 0.0249. The summed E-state index contributed by atoms with van der Waals surface area (Å²) in [6.07, 6.45) is 0.350. The summed E-state index contributed by atoms with van der Waals surface area (Å²) >= 11 is 3.18. The van der Waals surface area contributed by atoms with Crippen LogP contribution in [0, 0.1) is 5.92 Å². The normalized spacial score (nSPS) is 12.2. The van der Waals surface area contributed by atoms with E-state index in [9.17, 15) is 9.90 Å². The van der Waals surface area contributed by atoms with Crippen LogP contribution in [0.2, 0.25) is 0 Å². The lowest BCUT2D eigenvalue weighted by molar-refractivity contribution is -0.116. The number of para-hydroxylation sites is 1. The third kappa shape index (κ3) is 3.50. The zero-order chi connectivity index (χ0) is 12.1. The third-order valence-electron chi connectivity index (χ3n) is 2.20. The molecule has 16 heavy (non-hydrogen) atoms. The minimum atomic E-state index is -0.147. The van der Waals surface area contributed by atoms with Gasteiger partial charge in [-0.2, -0.15) is 0 Å². The molecule has 0 saturated carbocycles. The Morgan fingerprint density at radius 1 is 1.62 bits per heavy atom. The van der Waals surface area contributed by atoms with Crippen LogP contribution in [0.5, 0.6) is 5.75 Å². The van der Waals surface area contributed by atoms with E-state index in [2.05, 4.69) is 21.2 Å². The van der Waals surface area contributed by atoms with E-state index in [1.807, 2.05) is 6.92 Å². The molecule has 0 aliphatic rings. The minimum absolute atomic E-state index is 0.0382. The molecule has 0 bridgehead atoms. The Balaban J connectivity index is 2.66. The van der Waals surface area contributed by atoms with Crippen LogP contribution in [0.1, 0.15) is 13.3 Å². The van der Waals surface area contributed by atoms with Gasteiger partial charge >= 0.3 is 0 Å². The van der Waals surface area contributed by atoms with Crippen molar-refractivity contribution >= 4 is 27.5 Å². The van der Waals surface area contributed by atoms with Crippen LogP contribution in [0.3, 0.4) is 0 Å². The fourth-order valence-electron chi connectivity index (χ4n) is 1.22. The topological polar surface area (TPSA) is 75.4 Å². The summed E-state index contributed by atoms with van der Waals surface area (Å²) in [6.45, 7) is 2.37. The Morgan fingerprint density at radius 3 is 2.94 bits per heavy atom. The van der Waals surface area contributed by atoms with Gasteiger partial charge in [-0.3, -0.25) is 4.79 Å². The molecule has 0 spiro atoms. The molecule has 1 amide bonds. The third-order valence-corrected chi connectivity index (χ3v) is 2.84. The Labute approximate surface area is 103 Å². The average molecular weight is 287 g/mol. The van der Waals surface area contributed by atoms with Crippen molar-refractivity contribution in [2.24, 2.45) is 11.7 Å². The van der Waals surface area contributed by atoms with Crippen molar-refractivity contribution in [3.8, 4) is 5.75 Å². The van der Waals surface area contributed by atoms with Crippen molar-refractivity contribution < 1.29 is 9.90 Å². The molecule has 4 N–H and O–H groups in total. The van der Waals surface area contributed by atoms with Gasteiger partial charge in [0.15, 0.2) is 5.75 Å². The van der Waals surface area contributed by atoms with Crippen molar-refractivity contribution in [1.82, 2.24) is 0 Å². The smallest absolute Gasteiger partial charge is 0.224 e. The average Bonchev–Trinajstić information content (AvgIpc) is 2.24. The first kappa shape index (κ1) is 13.0. The number of carbonyl (C=O) groups is 1. The van der Waals surface area contributed by atoms with E-state index < -0.39 is 0 Å². The fraction of sp³-hybridized carbons (Fsp3) is 0.364. The second-order valence-electron chi connectivity index (χ2n) is 3.73. The molecule has 4 nitrogen and oxygen atoms in total. The van der Waals surface area contributed by atoms with E-state index in [0.29, 0.717) is 23.1 Å². The molecule has 1 atom stereocenters. The number of halogens is 1. The van der Waals surface area contributed by atoms with Gasteiger partial charge in [0.05, 0.1) is 10.2 Å². The van der Waals surface area contributed by atoms with Crippen LogP contribution < -0.4 is 11.1 Å². The summed E-state index contributed by atoms with van der Waals surface area (Å²) in [6, 6.07) is 5.09. The standard InChI is InChI=1S/C11H15BrN2O2/c1-7(6-13)5-10(15)14-9-4-2-3-8(12)11(9)16/h2-4,7,16H,5-6,13H2,1H3,(H,14,15). The summed E-state index contributed by atoms with van der Waals surface area (Å²) < 4.78 is 0.553. The summed E-state index contributed by atoms with van der Waals surface area (Å²) in [5, 5.41) is 12.3. The molecular weight excluding hydrogens is 272 g/mol.